The average Bonchev–Trinajstić information content (AvgIpc) is 2.48. The van der Waals surface area contributed by atoms with Gasteiger partial charge in [-0.2, -0.15) is 0 Å². The first kappa shape index (κ1) is 15.9. The van der Waals surface area contributed by atoms with E-state index in [4.69, 9.17) is 10.5 Å². The van der Waals surface area contributed by atoms with Crippen LogP contribution in [0, 0.1) is 0 Å². The highest BCUT2D eigenvalue weighted by molar-refractivity contribution is 5.93. The number of ether oxygens (including phenoxy) is 1. The van der Waals surface area contributed by atoms with Crippen molar-refractivity contribution < 1.29 is 9.53 Å². The van der Waals surface area contributed by atoms with Crippen molar-refractivity contribution in [2.45, 2.75) is 32.9 Å². The molecule has 1 amide bonds. The van der Waals surface area contributed by atoms with Crippen molar-refractivity contribution in [2.75, 3.05) is 5.32 Å². The molecule has 2 aromatic carbocycles. The van der Waals surface area contributed by atoms with Crippen molar-refractivity contribution in [2.24, 2.45) is 5.73 Å². The van der Waals surface area contributed by atoms with Crippen LogP contribution in [0.15, 0.2) is 48.5 Å². The highest BCUT2D eigenvalue weighted by Gasteiger charge is 2.07. The maximum atomic E-state index is 11.1. The van der Waals surface area contributed by atoms with E-state index in [2.05, 4.69) is 12.2 Å². The van der Waals surface area contributed by atoms with Crippen LogP contribution in [0.3, 0.4) is 0 Å². The summed E-state index contributed by atoms with van der Waals surface area (Å²) in [6, 6.07) is 15.3. The van der Waals surface area contributed by atoms with E-state index < -0.39 is 5.91 Å². The quantitative estimate of drug-likeness (QED) is 0.853. The van der Waals surface area contributed by atoms with E-state index in [1.54, 1.807) is 12.1 Å². The SMILES string of the molecule is CC(C)Oc1ccc(C(C)Nc2ccc(C(N)=O)cc2)cc1. The smallest absolute Gasteiger partial charge is 0.248 e. The Hall–Kier alpha value is -2.49. The van der Waals surface area contributed by atoms with Gasteiger partial charge in [-0.05, 0) is 62.7 Å². The molecule has 0 saturated heterocycles. The van der Waals surface area contributed by atoms with Crippen molar-refractivity contribution in [1.82, 2.24) is 0 Å². The summed E-state index contributed by atoms with van der Waals surface area (Å²) in [6.45, 7) is 6.10. The van der Waals surface area contributed by atoms with Crippen LogP contribution in [-0.2, 0) is 0 Å². The van der Waals surface area contributed by atoms with E-state index in [0.29, 0.717) is 5.56 Å². The number of benzene rings is 2. The minimum absolute atomic E-state index is 0.146. The van der Waals surface area contributed by atoms with Crippen molar-refractivity contribution in [3.8, 4) is 5.75 Å². The molecule has 0 aliphatic carbocycles. The molecule has 2 aromatic rings. The highest BCUT2D eigenvalue weighted by Crippen LogP contribution is 2.22. The molecule has 0 fully saturated rings. The summed E-state index contributed by atoms with van der Waals surface area (Å²) in [5.41, 5.74) is 7.85. The summed E-state index contributed by atoms with van der Waals surface area (Å²) in [4.78, 5) is 11.1. The second-order valence-corrected chi connectivity index (χ2v) is 5.54. The van der Waals surface area contributed by atoms with Gasteiger partial charge in [0, 0.05) is 17.3 Å². The van der Waals surface area contributed by atoms with Gasteiger partial charge in [-0.25, -0.2) is 0 Å². The number of primary amides is 1. The Morgan fingerprint density at radius 1 is 1.00 bits per heavy atom. The molecule has 116 valence electrons. The fourth-order valence-electron chi connectivity index (χ4n) is 2.17. The molecule has 0 aliphatic rings. The fourth-order valence-corrected chi connectivity index (χ4v) is 2.17. The van der Waals surface area contributed by atoms with Crippen LogP contribution in [0.1, 0.15) is 42.7 Å². The van der Waals surface area contributed by atoms with Crippen molar-refractivity contribution >= 4 is 11.6 Å². The molecule has 22 heavy (non-hydrogen) atoms. The number of amides is 1. The minimum atomic E-state index is -0.416. The van der Waals surface area contributed by atoms with Gasteiger partial charge in [-0.15, -0.1) is 0 Å². The Morgan fingerprint density at radius 2 is 1.59 bits per heavy atom. The molecule has 0 bridgehead atoms. The zero-order chi connectivity index (χ0) is 16.1. The molecule has 4 nitrogen and oxygen atoms in total. The van der Waals surface area contributed by atoms with Gasteiger partial charge < -0.3 is 15.8 Å². The number of rotatable bonds is 6. The van der Waals surface area contributed by atoms with Gasteiger partial charge in [0.05, 0.1) is 6.10 Å². The zero-order valence-electron chi connectivity index (χ0n) is 13.2. The van der Waals surface area contributed by atoms with E-state index in [1.165, 1.54) is 0 Å². The third kappa shape index (κ3) is 4.25. The first-order chi connectivity index (χ1) is 10.5. The van der Waals surface area contributed by atoms with E-state index in [1.807, 2.05) is 50.2 Å². The summed E-state index contributed by atoms with van der Waals surface area (Å²) < 4.78 is 5.64. The number of carbonyl (C=O) groups is 1. The highest BCUT2D eigenvalue weighted by atomic mass is 16.5. The molecule has 3 N–H and O–H groups in total. The summed E-state index contributed by atoms with van der Waals surface area (Å²) in [6.07, 6.45) is 0.171. The summed E-state index contributed by atoms with van der Waals surface area (Å²) in [5, 5.41) is 3.39. The fraction of sp³-hybridized carbons (Fsp3) is 0.278. The number of anilines is 1. The molecule has 0 aliphatic heterocycles. The molecular weight excluding hydrogens is 276 g/mol. The van der Waals surface area contributed by atoms with Gasteiger partial charge in [0.15, 0.2) is 0 Å². The second-order valence-electron chi connectivity index (χ2n) is 5.54. The molecule has 0 saturated carbocycles. The number of nitrogens with two attached hydrogens (primary N) is 1. The molecule has 0 aromatic heterocycles. The lowest BCUT2D eigenvalue weighted by atomic mass is 10.1. The Kier molecular flexibility index (Phi) is 5.04. The van der Waals surface area contributed by atoms with E-state index in [9.17, 15) is 4.79 Å². The number of carbonyl (C=O) groups excluding carboxylic acids is 1. The summed E-state index contributed by atoms with van der Waals surface area (Å²) in [7, 11) is 0. The van der Waals surface area contributed by atoms with Crippen LogP contribution in [-0.4, -0.2) is 12.0 Å². The topological polar surface area (TPSA) is 64.3 Å². The molecule has 2 rings (SSSR count). The summed E-state index contributed by atoms with van der Waals surface area (Å²) in [5.74, 6) is 0.456. The van der Waals surface area contributed by atoms with Crippen LogP contribution >= 0.6 is 0 Å². The Bertz CT molecular complexity index is 619. The standard InChI is InChI=1S/C18H22N2O2/c1-12(2)22-17-10-6-14(7-11-17)13(3)20-16-8-4-15(5-9-16)18(19)21/h4-13,20H,1-3H3,(H2,19,21). The van der Waals surface area contributed by atoms with E-state index in [-0.39, 0.29) is 12.1 Å². The average molecular weight is 298 g/mol. The lowest BCUT2D eigenvalue weighted by molar-refractivity contribution is 0.100. The van der Waals surface area contributed by atoms with Gasteiger partial charge >= 0.3 is 0 Å². The molecule has 1 atom stereocenters. The molecule has 0 spiro atoms. The predicted octanol–water partition coefficient (Wildman–Crippen LogP) is 3.75. The van der Waals surface area contributed by atoms with Gasteiger partial charge in [0.25, 0.3) is 0 Å². The first-order valence-electron chi connectivity index (χ1n) is 7.38. The minimum Gasteiger partial charge on any atom is -0.491 e. The number of hydrogen-bond donors (Lipinski definition) is 2. The van der Waals surface area contributed by atoms with Crippen molar-refractivity contribution in [3.63, 3.8) is 0 Å². The van der Waals surface area contributed by atoms with Gasteiger partial charge in [-0.3, -0.25) is 4.79 Å². The van der Waals surface area contributed by atoms with Gasteiger partial charge in [0.2, 0.25) is 5.91 Å². The normalized spacial score (nSPS) is 12.0. The van der Waals surface area contributed by atoms with Crippen molar-refractivity contribution in [1.29, 1.82) is 0 Å². The molecule has 0 heterocycles. The predicted molar refractivity (Wildman–Crippen MR) is 89.2 cm³/mol. The van der Waals surface area contributed by atoms with Crippen LogP contribution in [0.25, 0.3) is 0 Å². The van der Waals surface area contributed by atoms with E-state index >= 15 is 0 Å². The largest absolute Gasteiger partial charge is 0.491 e. The van der Waals surface area contributed by atoms with Crippen LogP contribution < -0.4 is 15.8 Å². The first-order valence-corrected chi connectivity index (χ1v) is 7.38. The maximum absolute atomic E-state index is 11.1. The molecule has 4 heteroatoms. The van der Waals surface area contributed by atoms with E-state index in [0.717, 1.165) is 17.0 Å². The third-order valence-electron chi connectivity index (χ3n) is 3.30. The Balaban J connectivity index is 2.02. The molecule has 1 unspecified atom stereocenters. The van der Waals surface area contributed by atoms with Crippen molar-refractivity contribution in [3.05, 3.63) is 59.7 Å². The Morgan fingerprint density at radius 3 is 2.09 bits per heavy atom. The van der Waals surface area contributed by atoms with Gasteiger partial charge in [-0.1, -0.05) is 12.1 Å². The van der Waals surface area contributed by atoms with Crippen LogP contribution in [0.4, 0.5) is 5.69 Å². The van der Waals surface area contributed by atoms with Crippen LogP contribution in [0.5, 0.6) is 5.75 Å². The van der Waals surface area contributed by atoms with Gasteiger partial charge in [0.1, 0.15) is 5.75 Å². The monoisotopic (exact) mass is 298 g/mol. The lowest BCUT2D eigenvalue weighted by Gasteiger charge is -2.17. The maximum Gasteiger partial charge on any atom is 0.248 e. The summed E-state index contributed by atoms with van der Waals surface area (Å²) >= 11 is 0. The second kappa shape index (κ2) is 6.98. The molecule has 0 radical (unpaired) electrons. The zero-order valence-corrected chi connectivity index (χ0v) is 13.2. The Labute approximate surface area is 131 Å². The van der Waals surface area contributed by atoms with Crippen LogP contribution in [0.2, 0.25) is 0 Å². The lowest BCUT2D eigenvalue weighted by Crippen LogP contribution is -2.11. The molecular formula is C18H22N2O2. The number of nitrogens with one attached hydrogen (secondary N) is 1. The third-order valence-corrected chi connectivity index (χ3v) is 3.30. The number of hydrogen-bond acceptors (Lipinski definition) is 3.